The first-order chi connectivity index (χ1) is 14.0. The van der Waals surface area contributed by atoms with Crippen molar-refractivity contribution in [2.75, 3.05) is 42.8 Å². The van der Waals surface area contributed by atoms with E-state index in [0.29, 0.717) is 18.9 Å². The lowest BCUT2D eigenvalue weighted by atomic mass is 10.1. The quantitative estimate of drug-likeness (QED) is 0.371. The summed E-state index contributed by atoms with van der Waals surface area (Å²) in [6.45, 7) is 2.98. The lowest BCUT2D eigenvalue weighted by Crippen LogP contribution is -2.36. The molecule has 10 heteroatoms. The number of carbonyl (C=O) groups excluding carboxylic acids is 1. The number of hydrogen-bond acceptors (Lipinski definition) is 8. The van der Waals surface area contributed by atoms with Crippen LogP contribution in [0, 0.1) is 10.1 Å². The predicted molar refractivity (Wildman–Crippen MR) is 115 cm³/mol. The van der Waals surface area contributed by atoms with Gasteiger partial charge in [-0.05, 0) is 36.6 Å². The van der Waals surface area contributed by atoms with Crippen LogP contribution in [0.15, 0.2) is 41.3 Å². The summed E-state index contributed by atoms with van der Waals surface area (Å²) in [7, 11) is 0. The molecule has 1 saturated heterocycles. The first kappa shape index (κ1) is 19.6. The van der Waals surface area contributed by atoms with Gasteiger partial charge >= 0.3 is 0 Å². The number of thioether (sulfide) groups is 1. The Bertz CT molecular complexity index is 1080. The number of hydrogen-bond donors (Lipinski definition) is 1. The zero-order valence-electron chi connectivity index (χ0n) is 15.6. The summed E-state index contributed by atoms with van der Waals surface area (Å²) in [4.78, 5) is 31.1. The van der Waals surface area contributed by atoms with Crippen molar-refractivity contribution in [3.05, 3.63) is 52.1 Å². The predicted octanol–water partition coefficient (Wildman–Crippen LogP) is 4.02. The molecular weight excluding hydrogens is 412 g/mol. The van der Waals surface area contributed by atoms with Crippen molar-refractivity contribution in [3.63, 3.8) is 0 Å². The number of nitrogens with zero attached hydrogens (tertiary/aromatic N) is 3. The highest BCUT2D eigenvalue weighted by atomic mass is 32.2. The van der Waals surface area contributed by atoms with Crippen LogP contribution in [0.3, 0.4) is 0 Å². The Labute approximate surface area is 175 Å². The fourth-order valence-corrected chi connectivity index (χ4v) is 4.56. The number of ether oxygens (including phenoxy) is 1. The molecule has 1 fully saturated rings. The molecule has 1 amide bonds. The largest absolute Gasteiger partial charge is 0.378 e. The van der Waals surface area contributed by atoms with Gasteiger partial charge in [-0.25, -0.2) is 4.98 Å². The summed E-state index contributed by atoms with van der Waals surface area (Å²) in [5, 5.41) is 15.0. The molecule has 1 aliphatic rings. The van der Waals surface area contributed by atoms with Crippen LogP contribution in [0.4, 0.5) is 16.5 Å². The van der Waals surface area contributed by atoms with E-state index in [1.807, 2.05) is 18.4 Å². The molecular formula is C19H18N4O4S2. The Balaban J connectivity index is 1.59. The molecule has 0 unspecified atom stereocenters. The highest BCUT2D eigenvalue weighted by Crippen LogP contribution is 2.32. The van der Waals surface area contributed by atoms with Gasteiger partial charge in [-0.3, -0.25) is 14.9 Å². The summed E-state index contributed by atoms with van der Waals surface area (Å²) in [6.07, 6.45) is 1.85. The number of nitro groups is 1. The number of nitro benzene ring substituents is 1. The molecule has 1 aliphatic heterocycles. The van der Waals surface area contributed by atoms with Gasteiger partial charge in [0.25, 0.3) is 11.6 Å². The third-order valence-electron chi connectivity index (χ3n) is 4.56. The van der Waals surface area contributed by atoms with Crippen LogP contribution in [0.2, 0.25) is 0 Å². The highest BCUT2D eigenvalue weighted by molar-refractivity contribution is 7.98. The third kappa shape index (κ3) is 4.19. The van der Waals surface area contributed by atoms with Gasteiger partial charge in [0.1, 0.15) is 5.56 Å². The van der Waals surface area contributed by atoms with Crippen molar-refractivity contribution in [2.45, 2.75) is 4.90 Å². The van der Waals surface area contributed by atoms with Crippen LogP contribution in [0.25, 0.3) is 10.2 Å². The Morgan fingerprint density at radius 1 is 1.28 bits per heavy atom. The van der Waals surface area contributed by atoms with E-state index in [1.165, 1.54) is 17.8 Å². The molecule has 1 N–H and O–H groups in total. The van der Waals surface area contributed by atoms with Crippen LogP contribution in [-0.4, -0.2) is 48.4 Å². The summed E-state index contributed by atoms with van der Waals surface area (Å²) in [5.74, 6) is -0.509. The van der Waals surface area contributed by atoms with Gasteiger partial charge in [-0.15, -0.1) is 11.8 Å². The topological polar surface area (TPSA) is 97.6 Å². The molecule has 0 atom stereocenters. The summed E-state index contributed by atoms with van der Waals surface area (Å²) in [6, 6.07) is 9.99. The average molecular weight is 431 g/mol. The van der Waals surface area contributed by atoms with Crippen LogP contribution in [0.1, 0.15) is 10.4 Å². The van der Waals surface area contributed by atoms with E-state index in [4.69, 9.17) is 4.74 Å². The fourth-order valence-electron chi connectivity index (χ4n) is 3.06. The van der Waals surface area contributed by atoms with Crippen molar-refractivity contribution >= 4 is 55.7 Å². The lowest BCUT2D eigenvalue weighted by Gasteiger charge is -2.25. The van der Waals surface area contributed by atoms with E-state index < -0.39 is 10.8 Å². The van der Waals surface area contributed by atoms with Crippen LogP contribution >= 0.6 is 23.1 Å². The van der Waals surface area contributed by atoms with Gasteiger partial charge in [0.2, 0.25) is 0 Å². The van der Waals surface area contributed by atoms with Crippen molar-refractivity contribution in [1.29, 1.82) is 0 Å². The zero-order valence-corrected chi connectivity index (χ0v) is 17.2. The van der Waals surface area contributed by atoms with Crippen molar-refractivity contribution in [1.82, 2.24) is 4.98 Å². The molecule has 1 aromatic heterocycles. The number of carbonyl (C=O) groups is 1. The van der Waals surface area contributed by atoms with E-state index in [-0.39, 0.29) is 11.3 Å². The highest BCUT2D eigenvalue weighted by Gasteiger charge is 2.21. The minimum atomic E-state index is -0.542. The first-order valence-corrected chi connectivity index (χ1v) is 11.0. The minimum Gasteiger partial charge on any atom is -0.378 e. The molecule has 8 nitrogen and oxygen atoms in total. The molecule has 3 aromatic rings. The molecule has 0 radical (unpaired) electrons. The number of anilines is 2. The number of nitrogens with one attached hydrogen (secondary N) is 1. The van der Waals surface area contributed by atoms with Crippen molar-refractivity contribution < 1.29 is 14.5 Å². The second kappa shape index (κ2) is 8.36. The van der Waals surface area contributed by atoms with Crippen LogP contribution in [-0.2, 0) is 4.74 Å². The van der Waals surface area contributed by atoms with Gasteiger partial charge in [0.15, 0.2) is 5.13 Å². The molecule has 2 aromatic carbocycles. The number of benzene rings is 2. The fraction of sp³-hybridized carbons (Fsp3) is 0.263. The SMILES string of the molecule is CSc1ccc([N+](=O)[O-])c(C(=O)Nc2ccc3nc(N4CCOCC4)sc3c2)c1. The van der Waals surface area contributed by atoms with E-state index in [9.17, 15) is 14.9 Å². The van der Waals surface area contributed by atoms with Crippen molar-refractivity contribution in [2.24, 2.45) is 0 Å². The maximum Gasteiger partial charge on any atom is 0.282 e. The Morgan fingerprint density at radius 3 is 2.79 bits per heavy atom. The number of morpholine rings is 1. The molecule has 2 heterocycles. The van der Waals surface area contributed by atoms with E-state index in [0.717, 1.165) is 33.3 Å². The maximum atomic E-state index is 12.7. The Kier molecular flexibility index (Phi) is 5.65. The molecule has 150 valence electrons. The Morgan fingerprint density at radius 2 is 2.07 bits per heavy atom. The summed E-state index contributed by atoms with van der Waals surface area (Å²) < 4.78 is 6.32. The maximum absolute atomic E-state index is 12.7. The van der Waals surface area contributed by atoms with E-state index in [1.54, 1.807) is 29.5 Å². The summed E-state index contributed by atoms with van der Waals surface area (Å²) >= 11 is 2.97. The number of amides is 1. The number of rotatable bonds is 5. The minimum absolute atomic E-state index is 0.0419. The lowest BCUT2D eigenvalue weighted by molar-refractivity contribution is -0.385. The zero-order chi connectivity index (χ0) is 20.4. The third-order valence-corrected chi connectivity index (χ3v) is 6.37. The van der Waals surface area contributed by atoms with Gasteiger partial charge in [-0.2, -0.15) is 0 Å². The van der Waals surface area contributed by atoms with E-state index >= 15 is 0 Å². The van der Waals surface area contributed by atoms with Gasteiger partial charge < -0.3 is 15.0 Å². The number of fused-ring (bicyclic) bond motifs is 1. The molecule has 0 spiro atoms. The number of aromatic nitrogens is 1. The molecule has 0 saturated carbocycles. The monoisotopic (exact) mass is 430 g/mol. The normalized spacial score (nSPS) is 14.2. The molecule has 29 heavy (non-hydrogen) atoms. The smallest absolute Gasteiger partial charge is 0.282 e. The van der Waals surface area contributed by atoms with Gasteiger partial charge in [-0.1, -0.05) is 11.3 Å². The average Bonchev–Trinajstić information content (AvgIpc) is 3.17. The second-order valence-electron chi connectivity index (χ2n) is 6.37. The molecule has 4 rings (SSSR count). The first-order valence-electron chi connectivity index (χ1n) is 8.92. The molecule has 0 bridgehead atoms. The van der Waals surface area contributed by atoms with Gasteiger partial charge in [0.05, 0.1) is 28.4 Å². The van der Waals surface area contributed by atoms with Crippen LogP contribution < -0.4 is 10.2 Å². The van der Waals surface area contributed by atoms with Gasteiger partial charge in [0, 0.05) is 29.7 Å². The Hall–Kier alpha value is -2.69. The van der Waals surface area contributed by atoms with Crippen LogP contribution in [0.5, 0.6) is 0 Å². The summed E-state index contributed by atoms with van der Waals surface area (Å²) in [5.41, 5.74) is 1.25. The van der Waals surface area contributed by atoms with E-state index in [2.05, 4.69) is 15.2 Å². The standard InChI is InChI=1S/C19H18N4O4S2/c1-28-13-3-5-16(23(25)26)14(11-13)18(24)20-12-2-4-15-17(10-12)29-19(21-15)22-6-8-27-9-7-22/h2-5,10-11H,6-9H2,1H3,(H,20,24). The number of thiazole rings is 1. The molecule has 0 aliphatic carbocycles. The second-order valence-corrected chi connectivity index (χ2v) is 8.26. The van der Waals surface area contributed by atoms with Crippen molar-refractivity contribution in [3.8, 4) is 0 Å².